The molecule has 0 saturated carbocycles. The summed E-state index contributed by atoms with van der Waals surface area (Å²) in [6.45, 7) is 0. The number of carbonyl (C=O) groups excluding carboxylic acids is 2. The van der Waals surface area contributed by atoms with Crippen molar-refractivity contribution in [1.29, 1.82) is 0 Å². The van der Waals surface area contributed by atoms with E-state index in [0.717, 1.165) is 10.5 Å². The molecule has 0 bridgehead atoms. The van der Waals surface area contributed by atoms with E-state index in [9.17, 15) is 9.59 Å². The molecular formula is C19H20ClNO3S. The fourth-order valence-corrected chi connectivity index (χ4v) is 3.22. The van der Waals surface area contributed by atoms with E-state index in [1.807, 2.05) is 54.6 Å². The summed E-state index contributed by atoms with van der Waals surface area (Å²) in [6.07, 6.45) is 0.467. The number of benzene rings is 2. The number of rotatable bonds is 8. The Bertz CT molecular complexity index is 692. The van der Waals surface area contributed by atoms with Gasteiger partial charge in [-0.2, -0.15) is 0 Å². The van der Waals surface area contributed by atoms with Crippen molar-refractivity contribution in [2.75, 3.05) is 12.9 Å². The van der Waals surface area contributed by atoms with Crippen molar-refractivity contribution in [3.8, 4) is 0 Å². The monoisotopic (exact) mass is 377 g/mol. The molecule has 0 spiro atoms. The van der Waals surface area contributed by atoms with Gasteiger partial charge in [-0.1, -0.05) is 41.9 Å². The van der Waals surface area contributed by atoms with Crippen LogP contribution in [-0.2, 0) is 14.3 Å². The van der Waals surface area contributed by atoms with Crippen LogP contribution in [0.2, 0.25) is 5.02 Å². The summed E-state index contributed by atoms with van der Waals surface area (Å²) in [5.74, 6) is 0.191. The normalized spacial score (nSPS) is 11.6. The maximum atomic E-state index is 12.2. The summed E-state index contributed by atoms with van der Waals surface area (Å²) in [6, 6.07) is 16.5. The van der Waals surface area contributed by atoms with Crippen molar-refractivity contribution in [2.24, 2.45) is 0 Å². The molecule has 1 atom stereocenters. The number of halogens is 1. The molecule has 25 heavy (non-hydrogen) atoms. The minimum atomic E-state index is -0.387. The van der Waals surface area contributed by atoms with Crippen LogP contribution in [0, 0.1) is 0 Å². The third-order valence-corrected chi connectivity index (χ3v) is 4.81. The maximum absolute atomic E-state index is 12.2. The number of hydrogen-bond donors (Lipinski definition) is 1. The molecule has 2 aromatic rings. The summed E-state index contributed by atoms with van der Waals surface area (Å²) in [4.78, 5) is 24.9. The molecule has 0 aromatic heterocycles. The van der Waals surface area contributed by atoms with Crippen LogP contribution >= 0.6 is 23.4 Å². The van der Waals surface area contributed by atoms with Crippen LogP contribution in [0.3, 0.4) is 0 Å². The van der Waals surface area contributed by atoms with Gasteiger partial charge < -0.3 is 10.1 Å². The van der Waals surface area contributed by atoms with Gasteiger partial charge in [0.25, 0.3) is 0 Å². The lowest BCUT2D eigenvalue weighted by Crippen LogP contribution is -2.30. The zero-order valence-corrected chi connectivity index (χ0v) is 15.5. The van der Waals surface area contributed by atoms with Gasteiger partial charge >= 0.3 is 5.97 Å². The summed E-state index contributed by atoms with van der Waals surface area (Å²) in [5.41, 5.74) is 0.881. The second-order valence-corrected chi connectivity index (χ2v) is 6.97. The highest BCUT2D eigenvalue weighted by molar-refractivity contribution is 7.99. The molecule has 6 heteroatoms. The molecular weight excluding hydrogens is 358 g/mol. The van der Waals surface area contributed by atoms with Gasteiger partial charge in [0.15, 0.2) is 0 Å². The molecule has 0 fully saturated rings. The smallest absolute Gasteiger partial charge is 0.307 e. The van der Waals surface area contributed by atoms with E-state index >= 15 is 0 Å². The zero-order valence-electron chi connectivity index (χ0n) is 13.9. The van der Waals surface area contributed by atoms with Crippen LogP contribution in [0.25, 0.3) is 0 Å². The highest BCUT2D eigenvalue weighted by Crippen LogP contribution is 2.22. The van der Waals surface area contributed by atoms with Gasteiger partial charge in [-0.05, 0) is 29.8 Å². The Morgan fingerprint density at radius 2 is 1.80 bits per heavy atom. The number of esters is 1. The van der Waals surface area contributed by atoms with E-state index < -0.39 is 0 Å². The number of thioether (sulfide) groups is 1. The average molecular weight is 378 g/mol. The molecule has 0 aliphatic carbocycles. The van der Waals surface area contributed by atoms with Crippen molar-refractivity contribution in [3.63, 3.8) is 0 Å². The molecule has 0 radical (unpaired) electrons. The van der Waals surface area contributed by atoms with Crippen LogP contribution < -0.4 is 5.32 Å². The first kappa shape index (κ1) is 19.3. The summed E-state index contributed by atoms with van der Waals surface area (Å²) >= 11 is 7.44. The molecule has 1 amide bonds. The Morgan fingerprint density at radius 3 is 2.44 bits per heavy atom. The first-order valence-electron chi connectivity index (χ1n) is 7.88. The molecule has 1 N–H and O–H groups in total. The fourth-order valence-electron chi connectivity index (χ4n) is 2.25. The lowest BCUT2D eigenvalue weighted by atomic mass is 10.0. The van der Waals surface area contributed by atoms with E-state index in [1.165, 1.54) is 7.11 Å². The number of ether oxygens (including phenoxy) is 1. The lowest BCUT2D eigenvalue weighted by molar-refractivity contribution is -0.141. The maximum Gasteiger partial charge on any atom is 0.307 e. The molecule has 2 aromatic carbocycles. The van der Waals surface area contributed by atoms with E-state index in [0.29, 0.717) is 17.2 Å². The minimum Gasteiger partial charge on any atom is -0.469 e. The first-order valence-corrected chi connectivity index (χ1v) is 9.24. The standard InChI is InChI=1S/C19H20ClNO3S/c1-24-19(23)13-17(14-5-3-2-4-6-14)21-18(22)11-12-25-16-9-7-15(20)8-10-16/h2-10,17H,11-13H2,1H3,(H,21,22). The Hall–Kier alpha value is -1.98. The van der Waals surface area contributed by atoms with Gasteiger partial charge in [-0.25, -0.2) is 0 Å². The van der Waals surface area contributed by atoms with E-state index in [2.05, 4.69) is 5.32 Å². The largest absolute Gasteiger partial charge is 0.469 e. The van der Waals surface area contributed by atoms with Gasteiger partial charge in [0.1, 0.15) is 0 Å². The van der Waals surface area contributed by atoms with Gasteiger partial charge in [-0.3, -0.25) is 9.59 Å². The number of hydrogen-bond acceptors (Lipinski definition) is 4. The predicted molar refractivity (Wildman–Crippen MR) is 101 cm³/mol. The lowest BCUT2D eigenvalue weighted by Gasteiger charge is -2.18. The minimum absolute atomic E-state index is 0.0979. The Balaban J connectivity index is 1.88. The van der Waals surface area contributed by atoms with Gasteiger partial charge in [0, 0.05) is 22.1 Å². The Labute approximate surface area is 156 Å². The quantitative estimate of drug-likeness (QED) is 0.552. The predicted octanol–water partition coefficient (Wildman–Crippen LogP) is 4.24. The van der Waals surface area contributed by atoms with E-state index in [4.69, 9.17) is 16.3 Å². The van der Waals surface area contributed by atoms with Crippen LogP contribution in [0.15, 0.2) is 59.5 Å². The molecule has 2 rings (SSSR count). The van der Waals surface area contributed by atoms with Crippen molar-refractivity contribution < 1.29 is 14.3 Å². The third-order valence-electron chi connectivity index (χ3n) is 3.55. The highest BCUT2D eigenvalue weighted by Gasteiger charge is 2.18. The van der Waals surface area contributed by atoms with Crippen molar-refractivity contribution >= 4 is 35.2 Å². The SMILES string of the molecule is COC(=O)CC(NC(=O)CCSc1ccc(Cl)cc1)c1ccccc1. The molecule has 0 saturated heterocycles. The summed E-state index contributed by atoms with van der Waals surface area (Å²) in [5, 5.41) is 3.61. The molecule has 0 heterocycles. The highest BCUT2D eigenvalue weighted by atomic mass is 35.5. The molecule has 0 aliphatic rings. The molecule has 132 valence electrons. The summed E-state index contributed by atoms with van der Waals surface area (Å²) < 4.78 is 4.73. The van der Waals surface area contributed by atoms with Gasteiger partial charge in [0.2, 0.25) is 5.91 Å². The van der Waals surface area contributed by atoms with Crippen LogP contribution in [0.5, 0.6) is 0 Å². The Kier molecular flexibility index (Phi) is 7.82. The topological polar surface area (TPSA) is 55.4 Å². The number of methoxy groups -OCH3 is 1. The van der Waals surface area contributed by atoms with Crippen molar-refractivity contribution in [3.05, 3.63) is 65.2 Å². The second kappa shape index (κ2) is 10.1. The zero-order chi connectivity index (χ0) is 18.1. The molecule has 4 nitrogen and oxygen atoms in total. The van der Waals surface area contributed by atoms with Crippen molar-refractivity contribution in [1.82, 2.24) is 5.32 Å². The third kappa shape index (κ3) is 6.80. The van der Waals surface area contributed by atoms with Crippen molar-refractivity contribution in [2.45, 2.75) is 23.8 Å². The Morgan fingerprint density at radius 1 is 1.12 bits per heavy atom. The number of nitrogens with one attached hydrogen (secondary N) is 1. The van der Waals surface area contributed by atoms with E-state index in [1.54, 1.807) is 11.8 Å². The number of carbonyl (C=O) groups is 2. The number of amides is 1. The molecule has 1 unspecified atom stereocenters. The average Bonchev–Trinajstić information content (AvgIpc) is 2.63. The van der Waals surface area contributed by atoms with Crippen LogP contribution in [-0.4, -0.2) is 24.7 Å². The van der Waals surface area contributed by atoms with E-state index in [-0.39, 0.29) is 24.3 Å². The second-order valence-electron chi connectivity index (χ2n) is 5.36. The van der Waals surface area contributed by atoms with Gasteiger partial charge in [-0.15, -0.1) is 11.8 Å². The molecule has 0 aliphatic heterocycles. The fraction of sp³-hybridized carbons (Fsp3) is 0.263. The van der Waals surface area contributed by atoms with Crippen LogP contribution in [0.1, 0.15) is 24.4 Å². The first-order chi connectivity index (χ1) is 12.1. The van der Waals surface area contributed by atoms with Crippen LogP contribution in [0.4, 0.5) is 0 Å². The summed E-state index contributed by atoms with van der Waals surface area (Å²) in [7, 11) is 1.34. The van der Waals surface area contributed by atoms with Gasteiger partial charge in [0.05, 0.1) is 19.6 Å².